The van der Waals surface area contributed by atoms with E-state index >= 15 is 0 Å². The topological polar surface area (TPSA) is 98.7 Å². The van der Waals surface area contributed by atoms with Gasteiger partial charge in [0.15, 0.2) is 5.16 Å². The molecule has 0 aliphatic heterocycles. The molecule has 0 bridgehead atoms. The van der Waals surface area contributed by atoms with Crippen LogP contribution in [0.2, 0.25) is 0 Å². The molecular formula is C23H18N6O2S2. The Hall–Kier alpha value is -3.50. The van der Waals surface area contributed by atoms with Crippen molar-refractivity contribution in [3.05, 3.63) is 65.7 Å². The van der Waals surface area contributed by atoms with Crippen LogP contribution < -0.4 is 0 Å². The molecule has 0 spiro atoms. The Bertz CT molecular complexity index is 1490. The van der Waals surface area contributed by atoms with Crippen molar-refractivity contribution in [1.82, 2.24) is 29.8 Å². The maximum atomic E-state index is 11.3. The molecule has 5 aromatic rings. The zero-order chi connectivity index (χ0) is 22.4. The van der Waals surface area contributed by atoms with Gasteiger partial charge in [0.1, 0.15) is 10.5 Å². The first-order chi connectivity index (χ1) is 16.2. The van der Waals surface area contributed by atoms with Crippen molar-refractivity contribution in [1.29, 1.82) is 0 Å². The fourth-order valence-electron chi connectivity index (χ4n) is 4.27. The smallest absolute Gasteiger partial charge is 0.313 e. The summed E-state index contributed by atoms with van der Waals surface area (Å²) in [7, 11) is 0. The van der Waals surface area contributed by atoms with Gasteiger partial charge in [-0.3, -0.25) is 4.79 Å². The fourth-order valence-corrected chi connectivity index (χ4v) is 6.38. The number of aliphatic carboxylic acids is 1. The number of rotatable bonds is 6. The Morgan fingerprint density at radius 2 is 1.79 bits per heavy atom. The van der Waals surface area contributed by atoms with Crippen molar-refractivity contribution in [2.24, 2.45) is 0 Å². The summed E-state index contributed by atoms with van der Waals surface area (Å²) in [5.41, 5.74) is 5.40. The van der Waals surface area contributed by atoms with Crippen LogP contribution in [-0.2, 0) is 17.6 Å². The van der Waals surface area contributed by atoms with Crippen molar-refractivity contribution in [3.8, 4) is 21.4 Å². The Morgan fingerprint density at radius 1 is 1.00 bits per heavy atom. The van der Waals surface area contributed by atoms with Gasteiger partial charge in [-0.15, -0.1) is 26.6 Å². The number of carboxylic acid groups (broad SMARTS) is 1. The molecule has 8 nitrogen and oxygen atoms in total. The average Bonchev–Trinajstić information content (AvgIpc) is 3.60. The van der Waals surface area contributed by atoms with Crippen LogP contribution in [0.4, 0.5) is 0 Å². The lowest BCUT2D eigenvalue weighted by Crippen LogP contribution is -2.09. The minimum Gasteiger partial charge on any atom is -0.481 e. The van der Waals surface area contributed by atoms with Crippen LogP contribution in [0.15, 0.2) is 59.8 Å². The van der Waals surface area contributed by atoms with Crippen molar-refractivity contribution in [3.63, 3.8) is 0 Å². The zero-order valence-electron chi connectivity index (χ0n) is 17.4. The molecule has 0 fully saturated rings. The molecule has 3 aromatic heterocycles. The van der Waals surface area contributed by atoms with Gasteiger partial charge in [-0.1, -0.05) is 59.4 Å². The van der Waals surface area contributed by atoms with Crippen molar-refractivity contribution in [2.75, 3.05) is 5.75 Å². The standard InChI is InChI=1S/C23H18N6O2S2/c30-19(31)13-32-23-26-25-22(29-18-12-5-4-11-17(18)24-27-29)28(23)21-16-10-6-9-15(16)20(33-21)14-7-2-1-3-8-14/h1-5,7-8,11-12H,6,9-10,13H2,(H,30,31). The molecule has 10 heteroatoms. The summed E-state index contributed by atoms with van der Waals surface area (Å²) in [6.45, 7) is 0. The highest BCUT2D eigenvalue weighted by Crippen LogP contribution is 2.45. The van der Waals surface area contributed by atoms with E-state index in [-0.39, 0.29) is 5.75 Å². The predicted molar refractivity (Wildman–Crippen MR) is 127 cm³/mol. The molecule has 0 atom stereocenters. The van der Waals surface area contributed by atoms with Gasteiger partial charge in [0, 0.05) is 4.88 Å². The third-order valence-corrected chi connectivity index (χ3v) is 7.89. The van der Waals surface area contributed by atoms with Gasteiger partial charge >= 0.3 is 5.97 Å². The first kappa shape index (κ1) is 20.1. The van der Waals surface area contributed by atoms with Crippen molar-refractivity contribution in [2.45, 2.75) is 24.4 Å². The monoisotopic (exact) mass is 474 g/mol. The van der Waals surface area contributed by atoms with Crippen LogP contribution in [0.25, 0.3) is 32.4 Å². The second-order valence-electron chi connectivity index (χ2n) is 7.70. The van der Waals surface area contributed by atoms with Crippen LogP contribution in [0.3, 0.4) is 0 Å². The lowest BCUT2D eigenvalue weighted by Gasteiger charge is -2.09. The number of hydrogen-bond acceptors (Lipinski definition) is 7. The lowest BCUT2D eigenvalue weighted by atomic mass is 10.1. The molecule has 33 heavy (non-hydrogen) atoms. The Morgan fingerprint density at radius 3 is 2.64 bits per heavy atom. The second-order valence-corrected chi connectivity index (χ2v) is 9.64. The zero-order valence-corrected chi connectivity index (χ0v) is 19.0. The summed E-state index contributed by atoms with van der Waals surface area (Å²) < 4.78 is 3.63. The molecule has 164 valence electrons. The van der Waals surface area contributed by atoms with Gasteiger partial charge in [0.05, 0.1) is 11.3 Å². The number of para-hydroxylation sites is 1. The maximum Gasteiger partial charge on any atom is 0.313 e. The van der Waals surface area contributed by atoms with Crippen LogP contribution in [0.5, 0.6) is 0 Å². The quantitative estimate of drug-likeness (QED) is 0.364. The summed E-state index contributed by atoms with van der Waals surface area (Å²) >= 11 is 2.86. The van der Waals surface area contributed by atoms with E-state index in [0.29, 0.717) is 11.1 Å². The number of fused-ring (bicyclic) bond motifs is 2. The number of carboxylic acids is 1. The first-order valence-corrected chi connectivity index (χ1v) is 12.3. The van der Waals surface area contributed by atoms with Gasteiger partial charge in [0.25, 0.3) is 5.95 Å². The largest absolute Gasteiger partial charge is 0.481 e. The average molecular weight is 475 g/mol. The third-order valence-electron chi connectivity index (χ3n) is 5.67. The van der Waals surface area contributed by atoms with Crippen molar-refractivity contribution < 1.29 is 9.90 Å². The van der Waals surface area contributed by atoms with E-state index in [2.05, 4.69) is 44.8 Å². The minimum atomic E-state index is -0.899. The molecule has 6 rings (SSSR count). The van der Waals surface area contributed by atoms with Crippen LogP contribution in [0, 0.1) is 0 Å². The number of aromatic nitrogens is 6. The predicted octanol–water partition coefficient (Wildman–Crippen LogP) is 4.40. The Labute approximate surface area is 196 Å². The number of thiophene rings is 1. The molecule has 0 amide bonds. The van der Waals surface area contributed by atoms with Gasteiger partial charge in [0.2, 0.25) is 0 Å². The van der Waals surface area contributed by atoms with E-state index in [9.17, 15) is 9.90 Å². The second kappa shape index (κ2) is 8.13. The molecule has 1 aliphatic rings. The highest BCUT2D eigenvalue weighted by Gasteiger charge is 2.29. The highest BCUT2D eigenvalue weighted by atomic mass is 32.2. The molecule has 0 saturated heterocycles. The van der Waals surface area contributed by atoms with E-state index < -0.39 is 5.97 Å². The van der Waals surface area contributed by atoms with Crippen molar-refractivity contribution >= 4 is 40.1 Å². The number of thioether (sulfide) groups is 1. The summed E-state index contributed by atoms with van der Waals surface area (Å²) in [5, 5.41) is 28.2. The molecular weight excluding hydrogens is 456 g/mol. The number of benzene rings is 2. The summed E-state index contributed by atoms with van der Waals surface area (Å²) in [6.07, 6.45) is 3.08. The van der Waals surface area contributed by atoms with Gasteiger partial charge in [-0.2, -0.15) is 4.68 Å². The van der Waals surface area contributed by atoms with E-state index in [1.54, 1.807) is 16.0 Å². The molecule has 3 heterocycles. The molecule has 2 aromatic carbocycles. The summed E-state index contributed by atoms with van der Waals surface area (Å²) in [4.78, 5) is 12.5. The molecule has 0 unspecified atom stereocenters. The summed E-state index contributed by atoms with van der Waals surface area (Å²) in [5.74, 6) is -0.495. The number of nitrogens with zero attached hydrogens (tertiary/aromatic N) is 6. The minimum absolute atomic E-state index is 0.102. The molecule has 0 radical (unpaired) electrons. The van der Waals surface area contributed by atoms with Gasteiger partial charge in [-0.25, -0.2) is 4.57 Å². The van der Waals surface area contributed by atoms with E-state index in [1.807, 2.05) is 34.9 Å². The maximum absolute atomic E-state index is 11.3. The van der Waals surface area contributed by atoms with E-state index in [1.165, 1.54) is 21.6 Å². The van der Waals surface area contributed by atoms with E-state index in [4.69, 9.17) is 0 Å². The molecule has 1 N–H and O–H groups in total. The molecule has 1 aliphatic carbocycles. The van der Waals surface area contributed by atoms with Crippen LogP contribution in [0.1, 0.15) is 17.5 Å². The Kier molecular flexibility index (Phi) is 4.96. The number of hydrogen-bond donors (Lipinski definition) is 1. The fraction of sp³-hybridized carbons (Fsp3) is 0.174. The first-order valence-electron chi connectivity index (χ1n) is 10.5. The SMILES string of the molecule is O=C(O)CSc1nnc(-n2nnc3ccccc32)n1-c1sc(-c2ccccc2)c2c1CCC2. The van der Waals surface area contributed by atoms with Gasteiger partial charge < -0.3 is 5.11 Å². The van der Waals surface area contributed by atoms with Gasteiger partial charge in [-0.05, 0) is 48.1 Å². The highest BCUT2D eigenvalue weighted by molar-refractivity contribution is 7.99. The molecule has 0 saturated carbocycles. The number of carbonyl (C=O) groups is 1. The van der Waals surface area contributed by atoms with E-state index in [0.717, 1.165) is 47.1 Å². The van der Waals surface area contributed by atoms with Crippen LogP contribution >= 0.6 is 23.1 Å². The third kappa shape index (κ3) is 3.42. The Balaban J connectivity index is 1.58. The lowest BCUT2D eigenvalue weighted by molar-refractivity contribution is -0.133. The normalized spacial score (nSPS) is 13.0. The van der Waals surface area contributed by atoms with Crippen LogP contribution in [-0.4, -0.2) is 46.6 Å². The summed E-state index contributed by atoms with van der Waals surface area (Å²) in [6, 6.07) is 18.1.